The summed E-state index contributed by atoms with van der Waals surface area (Å²) in [5.74, 6) is -0.324. The van der Waals surface area contributed by atoms with Crippen molar-refractivity contribution < 1.29 is 9.90 Å². The Morgan fingerprint density at radius 3 is 2.82 bits per heavy atom. The summed E-state index contributed by atoms with van der Waals surface area (Å²) in [5.41, 5.74) is 1.24. The highest BCUT2D eigenvalue weighted by Crippen LogP contribution is 2.06. The maximum atomic E-state index is 10.4. The van der Waals surface area contributed by atoms with Gasteiger partial charge in [-0.25, -0.2) is 4.79 Å². The molecular formula is C8H8O2S. The number of carboxylic acids is 1. The van der Waals surface area contributed by atoms with Gasteiger partial charge in [-0.1, -0.05) is 12.1 Å². The predicted molar refractivity (Wildman–Crippen MR) is 46.1 cm³/mol. The molecule has 0 spiro atoms. The van der Waals surface area contributed by atoms with E-state index in [1.807, 2.05) is 6.07 Å². The van der Waals surface area contributed by atoms with Crippen LogP contribution in [0.1, 0.15) is 15.9 Å². The van der Waals surface area contributed by atoms with E-state index in [4.69, 9.17) is 5.11 Å². The molecule has 1 aromatic carbocycles. The molecular weight excluding hydrogens is 160 g/mol. The zero-order valence-corrected chi connectivity index (χ0v) is 6.71. The molecule has 11 heavy (non-hydrogen) atoms. The summed E-state index contributed by atoms with van der Waals surface area (Å²) < 4.78 is 0. The van der Waals surface area contributed by atoms with E-state index in [1.165, 1.54) is 0 Å². The highest BCUT2D eigenvalue weighted by Gasteiger charge is 2.00. The zero-order chi connectivity index (χ0) is 8.27. The molecule has 1 N–H and O–H groups in total. The van der Waals surface area contributed by atoms with E-state index in [0.29, 0.717) is 11.3 Å². The largest absolute Gasteiger partial charge is 0.478 e. The second-order valence-corrected chi connectivity index (χ2v) is 2.48. The average molecular weight is 168 g/mol. The second-order valence-electron chi connectivity index (χ2n) is 2.16. The van der Waals surface area contributed by atoms with Crippen LogP contribution in [0.2, 0.25) is 0 Å². The molecule has 3 heteroatoms. The summed E-state index contributed by atoms with van der Waals surface area (Å²) in [7, 11) is 0. The summed E-state index contributed by atoms with van der Waals surface area (Å²) in [6, 6.07) is 6.75. The Hall–Kier alpha value is -0.960. The van der Waals surface area contributed by atoms with Crippen molar-refractivity contribution in [2.75, 3.05) is 0 Å². The Morgan fingerprint density at radius 1 is 1.55 bits per heavy atom. The third-order valence-corrected chi connectivity index (χ3v) is 1.72. The molecule has 58 valence electrons. The summed E-state index contributed by atoms with van der Waals surface area (Å²) >= 11 is 4.03. The number of thiol groups is 1. The molecule has 0 saturated heterocycles. The molecule has 2 nitrogen and oxygen atoms in total. The molecule has 0 unspecified atom stereocenters. The topological polar surface area (TPSA) is 37.3 Å². The van der Waals surface area contributed by atoms with Crippen LogP contribution in [-0.2, 0) is 5.75 Å². The second kappa shape index (κ2) is 3.44. The monoisotopic (exact) mass is 168 g/mol. The van der Waals surface area contributed by atoms with E-state index >= 15 is 0 Å². The number of aromatic carboxylic acids is 1. The highest BCUT2D eigenvalue weighted by atomic mass is 32.1. The van der Waals surface area contributed by atoms with Gasteiger partial charge in [0, 0.05) is 5.75 Å². The van der Waals surface area contributed by atoms with E-state index in [1.54, 1.807) is 18.2 Å². The third kappa shape index (κ3) is 1.98. The fraction of sp³-hybridized carbons (Fsp3) is 0.125. The van der Waals surface area contributed by atoms with E-state index in [9.17, 15) is 4.79 Å². The Labute approximate surface area is 70.3 Å². The first kappa shape index (κ1) is 8.14. The normalized spacial score (nSPS) is 9.55. The van der Waals surface area contributed by atoms with Gasteiger partial charge in [0.2, 0.25) is 0 Å². The fourth-order valence-corrected chi connectivity index (χ4v) is 0.999. The van der Waals surface area contributed by atoms with Gasteiger partial charge in [-0.05, 0) is 17.7 Å². The number of hydrogen-bond acceptors (Lipinski definition) is 2. The minimum absolute atomic E-state index is 0.316. The maximum absolute atomic E-state index is 10.4. The van der Waals surface area contributed by atoms with Crippen LogP contribution in [0.5, 0.6) is 0 Å². The number of hydrogen-bond donors (Lipinski definition) is 2. The number of rotatable bonds is 2. The minimum atomic E-state index is -0.895. The van der Waals surface area contributed by atoms with Crippen LogP contribution in [0, 0.1) is 0 Å². The molecule has 0 aliphatic carbocycles. The summed E-state index contributed by atoms with van der Waals surface area (Å²) in [6.07, 6.45) is 0. The minimum Gasteiger partial charge on any atom is -0.478 e. The van der Waals surface area contributed by atoms with Crippen molar-refractivity contribution in [3.63, 3.8) is 0 Å². The van der Waals surface area contributed by atoms with Crippen molar-refractivity contribution >= 4 is 18.6 Å². The van der Waals surface area contributed by atoms with E-state index in [-0.39, 0.29) is 0 Å². The SMILES string of the molecule is O=C(O)c1cccc(CS)c1. The fourth-order valence-electron chi connectivity index (χ4n) is 0.803. The molecule has 1 rings (SSSR count). The van der Waals surface area contributed by atoms with Crippen molar-refractivity contribution in [3.8, 4) is 0 Å². The van der Waals surface area contributed by atoms with Crippen molar-refractivity contribution in [3.05, 3.63) is 35.4 Å². The molecule has 0 bridgehead atoms. The lowest BCUT2D eigenvalue weighted by molar-refractivity contribution is 0.0697. The average Bonchev–Trinajstić information content (AvgIpc) is 2.05. The lowest BCUT2D eigenvalue weighted by Crippen LogP contribution is -1.95. The summed E-state index contributed by atoms with van der Waals surface area (Å²) in [5, 5.41) is 8.58. The molecule has 0 aromatic heterocycles. The van der Waals surface area contributed by atoms with Crippen LogP contribution in [0.25, 0.3) is 0 Å². The van der Waals surface area contributed by atoms with Gasteiger partial charge in [0.15, 0.2) is 0 Å². The van der Waals surface area contributed by atoms with Gasteiger partial charge in [0.05, 0.1) is 5.56 Å². The van der Waals surface area contributed by atoms with Crippen LogP contribution in [-0.4, -0.2) is 11.1 Å². The van der Waals surface area contributed by atoms with Gasteiger partial charge >= 0.3 is 5.97 Å². The summed E-state index contributed by atoms with van der Waals surface area (Å²) in [4.78, 5) is 10.4. The van der Waals surface area contributed by atoms with Crippen molar-refractivity contribution in [2.24, 2.45) is 0 Å². The van der Waals surface area contributed by atoms with Crippen molar-refractivity contribution in [2.45, 2.75) is 5.75 Å². The lowest BCUT2D eigenvalue weighted by atomic mass is 10.1. The molecule has 0 atom stereocenters. The smallest absolute Gasteiger partial charge is 0.335 e. The molecule has 0 heterocycles. The Bertz CT molecular complexity index is 271. The van der Waals surface area contributed by atoms with Gasteiger partial charge in [-0.15, -0.1) is 0 Å². The number of carboxylic acid groups (broad SMARTS) is 1. The van der Waals surface area contributed by atoms with Gasteiger partial charge in [-0.3, -0.25) is 0 Å². The predicted octanol–water partition coefficient (Wildman–Crippen LogP) is 1.81. The zero-order valence-electron chi connectivity index (χ0n) is 5.82. The quantitative estimate of drug-likeness (QED) is 0.661. The standard InChI is InChI=1S/C8H8O2S/c9-8(10)7-3-1-2-6(4-7)5-11/h1-4,11H,5H2,(H,9,10). The van der Waals surface area contributed by atoms with Crippen molar-refractivity contribution in [1.82, 2.24) is 0 Å². The molecule has 0 amide bonds. The van der Waals surface area contributed by atoms with Gasteiger partial charge in [0.25, 0.3) is 0 Å². The molecule has 0 saturated carbocycles. The third-order valence-electron chi connectivity index (χ3n) is 1.36. The van der Waals surface area contributed by atoms with Crippen LogP contribution in [0.4, 0.5) is 0 Å². The molecule has 0 radical (unpaired) electrons. The van der Waals surface area contributed by atoms with Gasteiger partial charge in [-0.2, -0.15) is 12.6 Å². The first-order chi connectivity index (χ1) is 5.24. The van der Waals surface area contributed by atoms with Crippen LogP contribution < -0.4 is 0 Å². The number of carbonyl (C=O) groups is 1. The Morgan fingerprint density at radius 2 is 2.27 bits per heavy atom. The highest BCUT2D eigenvalue weighted by molar-refractivity contribution is 7.79. The van der Waals surface area contributed by atoms with Crippen LogP contribution in [0.15, 0.2) is 24.3 Å². The van der Waals surface area contributed by atoms with Crippen LogP contribution in [0.3, 0.4) is 0 Å². The summed E-state index contributed by atoms with van der Waals surface area (Å²) in [6.45, 7) is 0. The molecule has 0 aliphatic rings. The number of benzene rings is 1. The van der Waals surface area contributed by atoms with Crippen LogP contribution >= 0.6 is 12.6 Å². The van der Waals surface area contributed by atoms with Gasteiger partial charge < -0.3 is 5.11 Å². The first-order valence-corrected chi connectivity index (χ1v) is 3.80. The van der Waals surface area contributed by atoms with Crippen molar-refractivity contribution in [1.29, 1.82) is 0 Å². The van der Waals surface area contributed by atoms with E-state index in [0.717, 1.165) is 5.56 Å². The molecule has 1 aromatic rings. The lowest BCUT2D eigenvalue weighted by Gasteiger charge is -1.96. The first-order valence-electron chi connectivity index (χ1n) is 3.17. The molecule has 0 aliphatic heterocycles. The molecule has 0 fully saturated rings. The Balaban J connectivity index is 3.01. The Kier molecular flexibility index (Phi) is 2.54. The van der Waals surface area contributed by atoms with E-state index < -0.39 is 5.97 Å². The van der Waals surface area contributed by atoms with E-state index in [2.05, 4.69) is 12.6 Å². The maximum Gasteiger partial charge on any atom is 0.335 e. The van der Waals surface area contributed by atoms with Gasteiger partial charge in [0.1, 0.15) is 0 Å².